The van der Waals surface area contributed by atoms with E-state index >= 15 is 0 Å². The highest BCUT2D eigenvalue weighted by molar-refractivity contribution is 5.79. The van der Waals surface area contributed by atoms with Gasteiger partial charge in [-0.25, -0.2) is 14.2 Å². The molecule has 2 aliphatic rings. The fourth-order valence-corrected chi connectivity index (χ4v) is 3.65. The van der Waals surface area contributed by atoms with Gasteiger partial charge in [0.15, 0.2) is 0 Å². The largest absolute Gasteiger partial charge is 0.483 e. The highest BCUT2D eigenvalue weighted by Gasteiger charge is 2.47. The number of halogens is 1. The van der Waals surface area contributed by atoms with Gasteiger partial charge in [0.2, 0.25) is 5.90 Å². The molecule has 1 saturated carbocycles. The van der Waals surface area contributed by atoms with Crippen LogP contribution in [0.25, 0.3) is 0 Å². The summed E-state index contributed by atoms with van der Waals surface area (Å²) in [6, 6.07) is 6.58. The van der Waals surface area contributed by atoms with Crippen LogP contribution in [0.1, 0.15) is 39.2 Å². The topological polar surface area (TPSA) is 54.4 Å². The number of ether oxygens (including phenoxy) is 2. The van der Waals surface area contributed by atoms with Gasteiger partial charge in [0, 0.05) is 37.3 Å². The van der Waals surface area contributed by atoms with Crippen LogP contribution in [-0.4, -0.2) is 67.2 Å². The van der Waals surface area contributed by atoms with Gasteiger partial charge in [-0.3, -0.25) is 4.90 Å². The van der Waals surface area contributed by atoms with Crippen molar-refractivity contribution in [2.75, 3.05) is 39.8 Å². The first-order chi connectivity index (χ1) is 14.1. The lowest BCUT2D eigenvalue weighted by molar-refractivity contribution is 0.0154. The number of methoxy groups -OCH3 is 1. The number of piperazine rings is 1. The van der Waals surface area contributed by atoms with Gasteiger partial charge in [0.25, 0.3) is 0 Å². The normalized spacial score (nSPS) is 19.4. The molecule has 2 fully saturated rings. The lowest BCUT2D eigenvalue weighted by Crippen LogP contribution is -2.51. The molecule has 0 spiro atoms. The first-order valence-electron chi connectivity index (χ1n) is 10.4. The van der Waals surface area contributed by atoms with Gasteiger partial charge in [0.1, 0.15) is 11.4 Å². The average molecular weight is 418 g/mol. The molecule has 0 unspecified atom stereocenters. The van der Waals surface area contributed by atoms with Gasteiger partial charge in [0.05, 0.1) is 13.7 Å². The maximum Gasteiger partial charge on any atom is 0.410 e. The molecule has 3 rings (SSSR count). The van der Waals surface area contributed by atoms with Crippen LogP contribution in [0.2, 0.25) is 0 Å². The van der Waals surface area contributed by atoms with Crippen LogP contribution >= 0.6 is 0 Å². The highest BCUT2D eigenvalue weighted by Crippen LogP contribution is 2.53. The number of benzene rings is 1. The van der Waals surface area contributed by atoms with Gasteiger partial charge in [-0.05, 0) is 51.3 Å². The fourth-order valence-electron chi connectivity index (χ4n) is 3.65. The van der Waals surface area contributed by atoms with E-state index in [0.717, 1.165) is 37.2 Å². The van der Waals surface area contributed by atoms with Crippen LogP contribution < -0.4 is 0 Å². The van der Waals surface area contributed by atoms with Crippen molar-refractivity contribution >= 4 is 12.0 Å². The van der Waals surface area contributed by atoms with Crippen molar-refractivity contribution in [3.8, 4) is 0 Å². The maximum atomic E-state index is 13.3. The molecule has 1 aliphatic carbocycles. The Hall–Kier alpha value is -2.41. The first kappa shape index (κ1) is 22.3. The van der Waals surface area contributed by atoms with Gasteiger partial charge >= 0.3 is 6.09 Å². The molecule has 0 N–H and O–H groups in total. The summed E-state index contributed by atoms with van der Waals surface area (Å²) in [5.41, 5.74) is 1.08. The van der Waals surface area contributed by atoms with Crippen molar-refractivity contribution in [2.45, 2.75) is 44.6 Å². The minimum Gasteiger partial charge on any atom is -0.483 e. The minimum atomic E-state index is -0.492. The molecule has 0 bridgehead atoms. The number of aliphatic imine (C=N–C) groups is 1. The minimum absolute atomic E-state index is 0.215. The van der Waals surface area contributed by atoms with Crippen molar-refractivity contribution in [2.24, 2.45) is 4.99 Å². The number of allylic oxidation sites excluding steroid dienone is 1. The monoisotopic (exact) mass is 417 g/mol. The summed E-state index contributed by atoms with van der Waals surface area (Å²) >= 11 is 0. The Morgan fingerprint density at radius 2 is 1.77 bits per heavy atom. The lowest BCUT2D eigenvalue weighted by Gasteiger charge is -2.35. The number of carbonyl (C=O) groups excluding carboxylic acids is 1. The summed E-state index contributed by atoms with van der Waals surface area (Å²) in [5.74, 6) is 0.353. The van der Waals surface area contributed by atoms with Gasteiger partial charge in [-0.15, -0.1) is 0 Å². The Morgan fingerprint density at radius 1 is 1.17 bits per heavy atom. The van der Waals surface area contributed by atoms with Crippen LogP contribution in [-0.2, 0) is 14.9 Å². The zero-order valence-electron chi connectivity index (χ0n) is 18.4. The van der Waals surface area contributed by atoms with Crippen LogP contribution in [0, 0.1) is 5.82 Å². The molecule has 0 aromatic heterocycles. The third-order valence-electron chi connectivity index (χ3n) is 5.58. The molecule has 1 aliphatic heterocycles. The molecule has 0 atom stereocenters. The Kier molecular flexibility index (Phi) is 6.50. The smallest absolute Gasteiger partial charge is 0.410 e. The van der Waals surface area contributed by atoms with Crippen LogP contribution in [0.5, 0.6) is 0 Å². The Balaban J connectivity index is 1.57. The van der Waals surface area contributed by atoms with E-state index < -0.39 is 5.60 Å². The second-order valence-corrected chi connectivity index (χ2v) is 8.99. The molecule has 1 saturated heterocycles. The molecule has 6 nitrogen and oxygen atoms in total. The third-order valence-corrected chi connectivity index (χ3v) is 5.58. The number of carbonyl (C=O) groups is 1. The SMILES string of the molecule is C=C(N=C(CN1CCN(C(=O)OC(C)(C)C)CC1)OC)C1(c2ccc(F)cc2)CC1. The number of rotatable bonds is 5. The molecular weight excluding hydrogens is 385 g/mol. The fraction of sp³-hybridized carbons (Fsp3) is 0.565. The molecule has 30 heavy (non-hydrogen) atoms. The predicted molar refractivity (Wildman–Crippen MR) is 115 cm³/mol. The Labute approximate surface area is 178 Å². The van der Waals surface area contributed by atoms with Crippen LogP contribution in [0.3, 0.4) is 0 Å². The number of hydrogen-bond acceptors (Lipinski definition) is 5. The standard InChI is InChI=1S/C23H32FN3O3/c1-17(23(10-11-23)18-6-8-19(24)9-7-18)25-20(29-5)16-26-12-14-27(15-13-26)21(28)30-22(2,3)4/h6-9H,1,10-16H2,2-5H3. The summed E-state index contributed by atoms with van der Waals surface area (Å²) in [5, 5.41) is 0. The summed E-state index contributed by atoms with van der Waals surface area (Å²) < 4.78 is 24.2. The van der Waals surface area contributed by atoms with E-state index in [4.69, 9.17) is 9.47 Å². The highest BCUT2D eigenvalue weighted by atomic mass is 19.1. The van der Waals surface area contributed by atoms with Crippen LogP contribution in [0.15, 0.2) is 41.5 Å². The van der Waals surface area contributed by atoms with E-state index in [9.17, 15) is 9.18 Å². The van der Waals surface area contributed by atoms with Crippen molar-refractivity contribution in [1.29, 1.82) is 0 Å². The number of amides is 1. The second kappa shape index (κ2) is 8.76. The van der Waals surface area contributed by atoms with E-state index in [2.05, 4.69) is 16.5 Å². The lowest BCUT2D eigenvalue weighted by atomic mass is 9.93. The molecular formula is C23H32FN3O3. The summed E-state index contributed by atoms with van der Waals surface area (Å²) in [7, 11) is 1.61. The van der Waals surface area contributed by atoms with Crippen molar-refractivity contribution < 1.29 is 18.7 Å². The molecule has 1 amide bonds. The zero-order valence-corrected chi connectivity index (χ0v) is 18.4. The predicted octanol–water partition coefficient (Wildman–Crippen LogP) is 3.97. The van der Waals surface area contributed by atoms with E-state index in [1.54, 1.807) is 12.0 Å². The maximum absolute atomic E-state index is 13.3. The van der Waals surface area contributed by atoms with Gasteiger partial charge in [-0.2, -0.15) is 0 Å². The second-order valence-electron chi connectivity index (χ2n) is 8.99. The third kappa shape index (κ3) is 5.39. The zero-order chi connectivity index (χ0) is 21.9. The molecule has 1 aromatic carbocycles. The summed E-state index contributed by atoms with van der Waals surface area (Å²) in [4.78, 5) is 20.8. The van der Waals surface area contributed by atoms with E-state index in [-0.39, 0.29) is 17.3 Å². The van der Waals surface area contributed by atoms with E-state index in [1.807, 2.05) is 32.9 Å². The number of hydrogen-bond donors (Lipinski definition) is 0. The first-order valence-corrected chi connectivity index (χ1v) is 10.4. The molecule has 0 radical (unpaired) electrons. The molecule has 1 heterocycles. The Bertz CT molecular complexity index is 802. The van der Waals surface area contributed by atoms with Crippen molar-refractivity contribution in [3.63, 3.8) is 0 Å². The van der Waals surface area contributed by atoms with E-state index in [1.165, 1.54) is 12.1 Å². The summed E-state index contributed by atoms with van der Waals surface area (Å²) in [6.07, 6.45) is 1.63. The molecule has 1 aromatic rings. The average Bonchev–Trinajstić information content (AvgIpc) is 3.49. The van der Waals surface area contributed by atoms with Gasteiger partial charge in [-0.1, -0.05) is 18.7 Å². The van der Waals surface area contributed by atoms with Crippen molar-refractivity contribution in [1.82, 2.24) is 9.80 Å². The molecule has 164 valence electrons. The number of nitrogens with zero attached hydrogens (tertiary/aromatic N) is 3. The Morgan fingerprint density at radius 3 is 2.27 bits per heavy atom. The van der Waals surface area contributed by atoms with Crippen molar-refractivity contribution in [3.05, 3.63) is 47.9 Å². The van der Waals surface area contributed by atoms with Gasteiger partial charge < -0.3 is 14.4 Å². The summed E-state index contributed by atoms with van der Waals surface area (Å²) in [6.45, 7) is 13.0. The molecule has 7 heteroatoms. The quantitative estimate of drug-likeness (QED) is 0.537. The van der Waals surface area contributed by atoms with Crippen LogP contribution in [0.4, 0.5) is 9.18 Å². The van der Waals surface area contributed by atoms with E-state index in [0.29, 0.717) is 25.5 Å².